The second-order valence-corrected chi connectivity index (χ2v) is 6.96. The summed E-state index contributed by atoms with van der Waals surface area (Å²) in [5.74, 6) is 1.27. The zero-order chi connectivity index (χ0) is 17.5. The molecule has 0 bridgehead atoms. The smallest absolute Gasteiger partial charge is 0.163 e. The number of hydrogen-bond acceptors (Lipinski definition) is 1. The van der Waals surface area contributed by atoms with Crippen LogP contribution in [0.25, 0.3) is 6.08 Å². The van der Waals surface area contributed by atoms with Crippen LogP contribution in [0.15, 0.2) is 54.6 Å². The van der Waals surface area contributed by atoms with Crippen molar-refractivity contribution in [3.8, 4) is 0 Å². The van der Waals surface area contributed by atoms with Gasteiger partial charge in [-0.15, -0.1) is 0 Å². The maximum absolute atomic E-state index is 12.2. The van der Waals surface area contributed by atoms with Crippen molar-refractivity contribution in [2.24, 2.45) is 0 Å². The maximum Gasteiger partial charge on any atom is 0.163 e. The molecule has 0 radical (unpaired) electrons. The Labute approximate surface area is 146 Å². The van der Waals surface area contributed by atoms with Crippen molar-refractivity contribution in [2.45, 2.75) is 52.4 Å². The van der Waals surface area contributed by atoms with Crippen molar-refractivity contribution < 1.29 is 4.79 Å². The minimum atomic E-state index is 0.213. The molecule has 0 aromatic heterocycles. The molecule has 2 rings (SSSR count). The molecule has 0 aliphatic carbocycles. The van der Waals surface area contributed by atoms with E-state index in [1.165, 1.54) is 16.7 Å². The molecule has 0 atom stereocenters. The third kappa shape index (κ3) is 5.19. The van der Waals surface area contributed by atoms with Gasteiger partial charge >= 0.3 is 0 Å². The molecule has 126 valence electrons. The second kappa shape index (κ2) is 8.63. The number of carbonyl (C=O) groups excluding carboxylic acids is 1. The molecule has 0 aliphatic heterocycles. The van der Waals surface area contributed by atoms with Crippen molar-refractivity contribution in [3.63, 3.8) is 0 Å². The molecular formula is C23H28O. The number of ketones is 1. The highest BCUT2D eigenvalue weighted by Crippen LogP contribution is 2.17. The van der Waals surface area contributed by atoms with Gasteiger partial charge in [0.05, 0.1) is 0 Å². The summed E-state index contributed by atoms with van der Waals surface area (Å²) in [5, 5.41) is 0. The minimum Gasteiger partial charge on any atom is -0.294 e. The molecule has 0 unspecified atom stereocenters. The van der Waals surface area contributed by atoms with Crippen LogP contribution in [-0.4, -0.2) is 5.78 Å². The lowest BCUT2D eigenvalue weighted by atomic mass is 9.99. The fourth-order valence-electron chi connectivity index (χ4n) is 2.62. The summed E-state index contributed by atoms with van der Waals surface area (Å²) in [6.45, 7) is 8.72. The Kier molecular flexibility index (Phi) is 6.54. The Morgan fingerprint density at radius 3 is 1.83 bits per heavy atom. The molecule has 0 saturated heterocycles. The number of benzene rings is 2. The van der Waals surface area contributed by atoms with Crippen LogP contribution in [0.4, 0.5) is 0 Å². The van der Waals surface area contributed by atoms with Crippen molar-refractivity contribution in [1.29, 1.82) is 0 Å². The Morgan fingerprint density at radius 1 is 0.833 bits per heavy atom. The molecule has 1 heteroatoms. The van der Waals surface area contributed by atoms with Crippen LogP contribution in [-0.2, 0) is 0 Å². The highest BCUT2D eigenvalue weighted by Gasteiger charge is 2.05. The van der Waals surface area contributed by atoms with Crippen molar-refractivity contribution >= 4 is 11.9 Å². The van der Waals surface area contributed by atoms with Gasteiger partial charge in [-0.3, -0.25) is 4.79 Å². The number of carbonyl (C=O) groups is 1. The van der Waals surface area contributed by atoms with Crippen LogP contribution in [0, 0.1) is 0 Å². The van der Waals surface area contributed by atoms with Gasteiger partial charge in [0.15, 0.2) is 5.78 Å². The first kappa shape index (κ1) is 18.2. The van der Waals surface area contributed by atoms with E-state index >= 15 is 0 Å². The summed E-state index contributed by atoms with van der Waals surface area (Å²) in [5.41, 5.74) is 4.63. The van der Waals surface area contributed by atoms with Gasteiger partial charge in [-0.1, -0.05) is 88.4 Å². The van der Waals surface area contributed by atoms with Crippen molar-refractivity contribution in [1.82, 2.24) is 0 Å². The van der Waals surface area contributed by atoms with E-state index in [-0.39, 0.29) is 5.78 Å². The van der Waals surface area contributed by atoms with E-state index in [9.17, 15) is 4.79 Å². The van der Waals surface area contributed by atoms with Crippen LogP contribution < -0.4 is 0 Å². The largest absolute Gasteiger partial charge is 0.294 e. The number of Topliss-reactive ketones (excluding diaryl/α,β-unsaturated/α-hetero) is 1. The normalized spacial score (nSPS) is 11.6. The Hall–Kier alpha value is -2.15. The summed E-state index contributed by atoms with van der Waals surface area (Å²) >= 11 is 0. The van der Waals surface area contributed by atoms with Gasteiger partial charge in [-0.05, 0) is 34.9 Å². The monoisotopic (exact) mass is 320 g/mol. The van der Waals surface area contributed by atoms with E-state index in [1.807, 2.05) is 12.1 Å². The van der Waals surface area contributed by atoms with Gasteiger partial charge < -0.3 is 0 Å². The highest BCUT2D eigenvalue weighted by atomic mass is 16.1. The first-order valence-corrected chi connectivity index (χ1v) is 8.87. The predicted molar refractivity (Wildman–Crippen MR) is 104 cm³/mol. The third-order valence-corrected chi connectivity index (χ3v) is 4.35. The van der Waals surface area contributed by atoms with E-state index in [2.05, 4.69) is 76.2 Å². The summed E-state index contributed by atoms with van der Waals surface area (Å²) in [6.07, 6.45) is 5.52. The van der Waals surface area contributed by atoms with E-state index in [0.717, 1.165) is 12.0 Å². The summed E-state index contributed by atoms with van der Waals surface area (Å²) in [4.78, 5) is 12.2. The van der Waals surface area contributed by atoms with Crippen LogP contribution in [0.3, 0.4) is 0 Å². The van der Waals surface area contributed by atoms with Crippen LogP contribution >= 0.6 is 0 Å². The number of hydrogen-bond donors (Lipinski definition) is 0. The number of rotatable bonds is 7. The Morgan fingerprint density at radius 2 is 1.33 bits per heavy atom. The van der Waals surface area contributed by atoms with Crippen LogP contribution in [0.1, 0.15) is 79.4 Å². The fraction of sp³-hybridized carbons (Fsp3) is 0.348. The lowest BCUT2D eigenvalue weighted by molar-refractivity contribution is 0.0983. The molecule has 1 nitrogen and oxygen atoms in total. The average Bonchev–Trinajstić information content (AvgIpc) is 2.59. The summed E-state index contributed by atoms with van der Waals surface area (Å²) in [7, 11) is 0. The SMILES string of the molecule is CC(C)c1ccc(C=CCCC(=O)c2ccc(C(C)C)cc2)cc1. The zero-order valence-electron chi connectivity index (χ0n) is 15.3. The maximum atomic E-state index is 12.2. The van der Waals surface area contributed by atoms with Gasteiger partial charge in [0.1, 0.15) is 0 Å². The van der Waals surface area contributed by atoms with Crippen molar-refractivity contribution in [3.05, 3.63) is 76.9 Å². The molecule has 2 aromatic rings. The quantitative estimate of drug-likeness (QED) is 0.525. The van der Waals surface area contributed by atoms with Crippen LogP contribution in [0.5, 0.6) is 0 Å². The molecular weight excluding hydrogens is 292 g/mol. The summed E-state index contributed by atoms with van der Waals surface area (Å²) < 4.78 is 0. The van der Waals surface area contributed by atoms with Crippen LogP contribution in [0.2, 0.25) is 0 Å². The first-order valence-electron chi connectivity index (χ1n) is 8.87. The Bertz CT molecular complexity index is 673. The van der Waals surface area contributed by atoms with E-state index in [1.54, 1.807) is 0 Å². The first-order chi connectivity index (χ1) is 11.5. The molecule has 0 aliphatic rings. The van der Waals surface area contributed by atoms with Gasteiger partial charge in [-0.2, -0.15) is 0 Å². The van der Waals surface area contributed by atoms with E-state index in [0.29, 0.717) is 18.3 Å². The molecule has 0 fully saturated rings. The summed E-state index contributed by atoms with van der Waals surface area (Å²) in [6, 6.07) is 16.6. The molecule has 24 heavy (non-hydrogen) atoms. The number of allylic oxidation sites excluding steroid dienone is 1. The van der Waals surface area contributed by atoms with Gasteiger partial charge in [0.25, 0.3) is 0 Å². The molecule has 0 saturated carbocycles. The van der Waals surface area contributed by atoms with Crippen molar-refractivity contribution in [2.75, 3.05) is 0 Å². The molecule has 0 heterocycles. The Balaban J connectivity index is 1.85. The average molecular weight is 320 g/mol. The lowest BCUT2D eigenvalue weighted by Crippen LogP contribution is -1.98. The minimum absolute atomic E-state index is 0.213. The van der Waals surface area contributed by atoms with Gasteiger partial charge in [-0.25, -0.2) is 0 Å². The second-order valence-electron chi connectivity index (χ2n) is 6.96. The predicted octanol–water partition coefficient (Wildman–Crippen LogP) is 6.61. The standard InChI is InChI=1S/C23H28O/c1-17(2)20-11-9-19(10-12-20)7-5-6-8-23(24)22-15-13-21(14-16-22)18(3)4/h5,7,9-18H,6,8H2,1-4H3. The third-order valence-electron chi connectivity index (χ3n) is 4.35. The van der Waals surface area contributed by atoms with E-state index in [4.69, 9.17) is 0 Å². The molecule has 0 amide bonds. The molecule has 0 spiro atoms. The zero-order valence-corrected chi connectivity index (χ0v) is 15.3. The topological polar surface area (TPSA) is 17.1 Å². The fourth-order valence-corrected chi connectivity index (χ4v) is 2.62. The molecule has 2 aromatic carbocycles. The van der Waals surface area contributed by atoms with Gasteiger partial charge in [0, 0.05) is 12.0 Å². The lowest BCUT2D eigenvalue weighted by Gasteiger charge is -2.06. The highest BCUT2D eigenvalue weighted by molar-refractivity contribution is 5.96. The van der Waals surface area contributed by atoms with E-state index < -0.39 is 0 Å². The molecule has 0 N–H and O–H groups in total. The van der Waals surface area contributed by atoms with Gasteiger partial charge in [0.2, 0.25) is 0 Å².